The van der Waals surface area contributed by atoms with Crippen molar-refractivity contribution >= 4 is 23.2 Å². The Morgan fingerprint density at radius 2 is 1.88 bits per heavy atom. The van der Waals surface area contributed by atoms with Gasteiger partial charge in [0.05, 0.1) is 29.1 Å². The van der Waals surface area contributed by atoms with Crippen LogP contribution in [0.15, 0.2) is 54.6 Å². The van der Waals surface area contributed by atoms with Gasteiger partial charge in [0, 0.05) is 18.8 Å². The molecule has 0 aliphatic carbocycles. The lowest BCUT2D eigenvalue weighted by atomic mass is 9.84. The Hall–Kier alpha value is -2.91. The van der Waals surface area contributed by atoms with Crippen LogP contribution >= 0.6 is 0 Å². The number of benzene rings is 2. The standard InChI is InChI=1S/C23H25F3N4O2/c1-2-11-29-13-18(21(31)27-16-8-6-7-15(12-16)23(24,25)26)20-19(14-29)22(32)30(28-20)17-9-4-3-5-10-17/h3-10,12,18-20,28H,2,11,13-14H2,1H3,(H,27,31). The molecule has 2 aromatic carbocycles. The van der Waals surface area contributed by atoms with Crippen LogP contribution < -0.4 is 15.8 Å². The summed E-state index contributed by atoms with van der Waals surface area (Å²) in [5.74, 6) is -1.55. The summed E-state index contributed by atoms with van der Waals surface area (Å²) in [6.07, 6.45) is -3.63. The fourth-order valence-electron chi connectivity index (χ4n) is 4.46. The summed E-state index contributed by atoms with van der Waals surface area (Å²) >= 11 is 0. The SMILES string of the molecule is CCCN1CC(C(=O)Nc2cccc(C(F)(F)F)c2)C2NN(c3ccccc3)C(=O)C2C1. The number of nitrogens with one attached hydrogen (secondary N) is 2. The van der Waals surface area contributed by atoms with Crippen molar-refractivity contribution < 1.29 is 22.8 Å². The molecule has 170 valence electrons. The number of alkyl halides is 3. The predicted molar refractivity (Wildman–Crippen MR) is 115 cm³/mol. The molecule has 2 aromatic rings. The number of carbonyl (C=O) groups excluding carboxylic acids is 2. The molecule has 0 spiro atoms. The summed E-state index contributed by atoms with van der Waals surface area (Å²) in [6, 6.07) is 13.3. The Kier molecular flexibility index (Phi) is 6.21. The Morgan fingerprint density at radius 3 is 2.56 bits per heavy atom. The van der Waals surface area contributed by atoms with Gasteiger partial charge < -0.3 is 10.2 Å². The highest BCUT2D eigenvalue weighted by atomic mass is 19.4. The van der Waals surface area contributed by atoms with Crippen LogP contribution in [0.4, 0.5) is 24.5 Å². The maximum absolute atomic E-state index is 13.2. The number of nitrogens with zero attached hydrogens (tertiary/aromatic N) is 2. The average molecular weight is 446 g/mol. The van der Waals surface area contributed by atoms with Crippen molar-refractivity contribution in [2.24, 2.45) is 11.8 Å². The van der Waals surface area contributed by atoms with E-state index in [4.69, 9.17) is 0 Å². The fraction of sp³-hybridized carbons (Fsp3) is 0.391. The van der Waals surface area contributed by atoms with Gasteiger partial charge in [0.1, 0.15) is 0 Å². The molecule has 0 bridgehead atoms. The molecule has 0 aromatic heterocycles. The summed E-state index contributed by atoms with van der Waals surface area (Å²) in [4.78, 5) is 28.4. The van der Waals surface area contributed by atoms with Gasteiger partial charge in [-0.05, 0) is 43.3 Å². The summed E-state index contributed by atoms with van der Waals surface area (Å²) in [7, 11) is 0. The zero-order chi connectivity index (χ0) is 22.9. The van der Waals surface area contributed by atoms with Crippen LogP contribution in [0.1, 0.15) is 18.9 Å². The van der Waals surface area contributed by atoms with E-state index in [-0.39, 0.29) is 11.6 Å². The quantitative estimate of drug-likeness (QED) is 0.738. The fourth-order valence-corrected chi connectivity index (χ4v) is 4.46. The Balaban J connectivity index is 1.57. The van der Waals surface area contributed by atoms with Gasteiger partial charge in [-0.2, -0.15) is 13.2 Å². The van der Waals surface area contributed by atoms with Gasteiger partial charge in [0.25, 0.3) is 0 Å². The van der Waals surface area contributed by atoms with E-state index in [1.165, 1.54) is 17.1 Å². The number of piperidine rings is 1. The van der Waals surface area contributed by atoms with Crippen molar-refractivity contribution in [2.75, 3.05) is 30.0 Å². The summed E-state index contributed by atoms with van der Waals surface area (Å²) in [5.41, 5.74) is 3.13. The number of hydrazine groups is 1. The normalized spacial score (nSPS) is 23.8. The molecule has 4 rings (SSSR count). The van der Waals surface area contributed by atoms with Crippen molar-refractivity contribution in [1.82, 2.24) is 10.3 Å². The largest absolute Gasteiger partial charge is 0.416 e. The molecule has 32 heavy (non-hydrogen) atoms. The van der Waals surface area contributed by atoms with Gasteiger partial charge in [-0.25, -0.2) is 10.4 Å². The van der Waals surface area contributed by atoms with Crippen molar-refractivity contribution in [3.63, 3.8) is 0 Å². The third-order valence-corrected chi connectivity index (χ3v) is 5.94. The minimum Gasteiger partial charge on any atom is -0.326 e. The van der Waals surface area contributed by atoms with Crippen molar-refractivity contribution in [3.8, 4) is 0 Å². The first-order chi connectivity index (χ1) is 15.3. The molecule has 2 amide bonds. The second kappa shape index (κ2) is 8.91. The van der Waals surface area contributed by atoms with Gasteiger partial charge in [-0.1, -0.05) is 31.2 Å². The molecule has 0 saturated carbocycles. The molecule has 3 unspecified atom stereocenters. The molecule has 6 nitrogen and oxygen atoms in total. The third-order valence-electron chi connectivity index (χ3n) is 5.94. The van der Waals surface area contributed by atoms with Crippen molar-refractivity contribution in [3.05, 3.63) is 60.2 Å². The number of halogens is 3. The van der Waals surface area contributed by atoms with Crippen molar-refractivity contribution in [1.29, 1.82) is 0 Å². The van der Waals surface area contributed by atoms with E-state index in [1.54, 1.807) is 0 Å². The number of likely N-dealkylation sites (tertiary alicyclic amines) is 1. The smallest absolute Gasteiger partial charge is 0.326 e. The van der Waals surface area contributed by atoms with Gasteiger partial charge in [0.15, 0.2) is 0 Å². The minimum atomic E-state index is -4.50. The van der Waals surface area contributed by atoms with Crippen LogP contribution in [-0.2, 0) is 15.8 Å². The van der Waals surface area contributed by atoms with Gasteiger partial charge in [-0.15, -0.1) is 0 Å². The molecule has 2 fully saturated rings. The van der Waals surface area contributed by atoms with Crippen LogP contribution in [0.3, 0.4) is 0 Å². The number of fused-ring (bicyclic) bond motifs is 1. The summed E-state index contributed by atoms with van der Waals surface area (Å²) in [6.45, 7) is 3.70. The van der Waals surface area contributed by atoms with Crippen LogP contribution in [0.5, 0.6) is 0 Å². The lowest BCUT2D eigenvalue weighted by Gasteiger charge is -2.38. The lowest BCUT2D eigenvalue weighted by molar-refractivity contribution is -0.137. The highest BCUT2D eigenvalue weighted by Crippen LogP contribution is 2.34. The Morgan fingerprint density at radius 1 is 1.12 bits per heavy atom. The van der Waals surface area contributed by atoms with E-state index < -0.39 is 35.5 Å². The van der Waals surface area contributed by atoms with Gasteiger partial charge in [0.2, 0.25) is 11.8 Å². The topological polar surface area (TPSA) is 64.7 Å². The lowest BCUT2D eigenvalue weighted by Crippen LogP contribution is -2.56. The minimum absolute atomic E-state index is 0.0817. The number of amides is 2. The maximum Gasteiger partial charge on any atom is 0.416 e. The molecular weight excluding hydrogens is 421 g/mol. The molecule has 2 aliphatic heterocycles. The van der Waals surface area contributed by atoms with E-state index in [2.05, 4.69) is 15.6 Å². The van der Waals surface area contributed by atoms with Crippen LogP contribution in [0.25, 0.3) is 0 Å². The van der Waals surface area contributed by atoms with Crippen LogP contribution in [-0.4, -0.2) is 42.4 Å². The van der Waals surface area contributed by atoms with Gasteiger partial charge in [-0.3, -0.25) is 9.59 Å². The monoisotopic (exact) mass is 446 g/mol. The van der Waals surface area contributed by atoms with Crippen LogP contribution in [0, 0.1) is 11.8 Å². The number of carbonyl (C=O) groups is 2. The number of para-hydroxylation sites is 1. The maximum atomic E-state index is 13.2. The molecule has 9 heteroatoms. The molecule has 2 saturated heterocycles. The van der Waals surface area contributed by atoms with Gasteiger partial charge >= 0.3 is 6.18 Å². The first kappa shape index (κ1) is 22.3. The zero-order valence-corrected chi connectivity index (χ0v) is 17.6. The highest BCUT2D eigenvalue weighted by molar-refractivity contribution is 6.00. The summed E-state index contributed by atoms with van der Waals surface area (Å²) < 4.78 is 39.1. The molecular formula is C23H25F3N4O2. The zero-order valence-electron chi connectivity index (χ0n) is 17.6. The second-order valence-corrected chi connectivity index (χ2v) is 8.20. The average Bonchev–Trinajstić information content (AvgIpc) is 3.10. The van der Waals surface area contributed by atoms with E-state index in [0.29, 0.717) is 18.8 Å². The molecule has 3 atom stereocenters. The molecule has 2 N–H and O–H groups in total. The molecule has 2 aliphatic rings. The van der Waals surface area contributed by atoms with Crippen molar-refractivity contribution in [2.45, 2.75) is 25.6 Å². The Bertz CT molecular complexity index is 983. The van der Waals surface area contributed by atoms with Crippen LogP contribution in [0.2, 0.25) is 0 Å². The second-order valence-electron chi connectivity index (χ2n) is 8.20. The number of rotatable bonds is 5. The molecule has 0 radical (unpaired) electrons. The first-order valence-corrected chi connectivity index (χ1v) is 10.6. The van der Waals surface area contributed by atoms with E-state index in [0.717, 1.165) is 25.1 Å². The first-order valence-electron chi connectivity index (χ1n) is 10.6. The summed E-state index contributed by atoms with van der Waals surface area (Å²) in [5, 5.41) is 4.11. The number of anilines is 2. The third kappa shape index (κ3) is 4.49. The number of hydrogen-bond acceptors (Lipinski definition) is 4. The molecule has 2 heterocycles. The highest BCUT2D eigenvalue weighted by Gasteiger charge is 2.50. The number of hydrogen-bond donors (Lipinski definition) is 2. The Labute approximate surface area is 184 Å². The predicted octanol–water partition coefficient (Wildman–Crippen LogP) is 3.52. The van der Waals surface area contributed by atoms with E-state index in [1.807, 2.05) is 37.3 Å². The van der Waals surface area contributed by atoms with E-state index >= 15 is 0 Å². The van der Waals surface area contributed by atoms with E-state index in [9.17, 15) is 22.8 Å².